The molecule has 16 heavy (non-hydrogen) atoms. The molecule has 0 saturated carbocycles. The fourth-order valence-corrected chi connectivity index (χ4v) is 2.91. The van der Waals surface area contributed by atoms with Crippen LogP contribution in [0, 0.1) is 5.92 Å². The van der Waals surface area contributed by atoms with Gasteiger partial charge in [-0.15, -0.1) is 0 Å². The highest BCUT2D eigenvalue weighted by molar-refractivity contribution is 5.39. The summed E-state index contributed by atoms with van der Waals surface area (Å²) in [6.07, 6.45) is 2.89. The van der Waals surface area contributed by atoms with E-state index in [0.29, 0.717) is 11.8 Å². The van der Waals surface area contributed by atoms with E-state index >= 15 is 0 Å². The number of rotatable bonds is 3. The van der Waals surface area contributed by atoms with Crippen molar-refractivity contribution >= 4 is 0 Å². The van der Waals surface area contributed by atoms with Gasteiger partial charge in [-0.05, 0) is 36.3 Å². The highest BCUT2D eigenvalue weighted by Crippen LogP contribution is 2.39. The second-order valence-corrected chi connectivity index (χ2v) is 5.03. The fourth-order valence-electron chi connectivity index (χ4n) is 2.91. The zero-order valence-corrected chi connectivity index (χ0v) is 9.43. The van der Waals surface area contributed by atoms with Gasteiger partial charge in [0.05, 0.1) is 12.7 Å². The molecular formula is C14H18O2. The van der Waals surface area contributed by atoms with E-state index in [1.807, 2.05) is 0 Å². The SMILES string of the molecule is OC(CC1Cc2ccccc21)C1CCOC1. The molecule has 2 aliphatic rings. The molecule has 1 N–H and O–H groups in total. The molecular weight excluding hydrogens is 200 g/mol. The number of fused-ring (bicyclic) bond motifs is 1. The third-order valence-corrected chi connectivity index (χ3v) is 4.00. The molecule has 2 nitrogen and oxygen atoms in total. The van der Waals surface area contributed by atoms with E-state index in [-0.39, 0.29) is 6.10 Å². The van der Waals surface area contributed by atoms with E-state index in [0.717, 1.165) is 32.5 Å². The van der Waals surface area contributed by atoms with Gasteiger partial charge in [-0.25, -0.2) is 0 Å². The second-order valence-electron chi connectivity index (χ2n) is 5.03. The van der Waals surface area contributed by atoms with Crippen LogP contribution in [-0.4, -0.2) is 24.4 Å². The van der Waals surface area contributed by atoms with E-state index < -0.39 is 0 Å². The number of aliphatic hydroxyl groups excluding tert-OH is 1. The molecule has 3 atom stereocenters. The van der Waals surface area contributed by atoms with Crippen LogP contribution in [0.5, 0.6) is 0 Å². The first-order valence-corrected chi connectivity index (χ1v) is 6.18. The van der Waals surface area contributed by atoms with Crippen LogP contribution in [0.4, 0.5) is 0 Å². The predicted octanol–water partition coefficient (Wildman–Crippen LogP) is 2.11. The molecule has 2 heteroatoms. The summed E-state index contributed by atoms with van der Waals surface area (Å²) < 4.78 is 5.32. The Morgan fingerprint density at radius 2 is 2.25 bits per heavy atom. The first-order valence-electron chi connectivity index (χ1n) is 6.18. The van der Waals surface area contributed by atoms with Crippen LogP contribution in [0.25, 0.3) is 0 Å². The lowest BCUT2D eigenvalue weighted by molar-refractivity contribution is 0.0768. The van der Waals surface area contributed by atoms with Crippen molar-refractivity contribution < 1.29 is 9.84 Å². The van der Waals surface area contributed by atoms with Gasteiger partial charge in [0.2, 0.25) is 0 Å². The van der Waals surface area contributed by atoms with Crippen LogP contribution in [0.1, 0.15) is 29.9 Å². The molecule has 0 bridgehead atoms. The third-order valence-electron chi connectivity index (χ3n) is 4.00. The summed E-state index contributed by atoms with van der Waals surface area (Å²) in [5.74, 6) is 0.944. The molecule has 1 aliphatic carbocycles. The molecule has 0 spiro atoms. The predicted molar refractivity (Wildman–Crippen MR) is 62.4 cm³/mol. The lowest BCUT2D eigenvalue weighted by Gasteiger charge is -2.32. The largest absolute Gasteiger partial charge is 0.393 e. The van der Waals surface area contributed by atoms with Gasteiger partial charge in [-0.2, -0.15) is 0 Å². The molecule has 3 unspecified atom stereocenters. The molecule has 1 heterocycles. The quantitative estimate of drug-likeness (QED) is 0.842. The van der Waals surface area contributed by atoms with E-state index in [1.54, 1.807) is 0 Å². The van der Waals surface area contributed by atoms with E-state index in [2.05, 4.69) is 24.3 Å². The highest BCUT2D eigenvalue weighted by Gasteiger charge is 2.31. The minimum absolute atomic E-state index is 0.180. The van der Waals surface area contributed by atoms with Gasteiger partial charge in [-0.1, -0.05) is 24.3 Å². The van der Waals surface area contributed by atoms with Crippen molar-refractivity contribution in [3.05, 3.63) is 35.4 Å². The van der Waals surface area contributed by atoms with Gasteiger partial charge in [0, 0.05) is 12.5 Å². The number of hydrogen-bond acceptors (Lipinski definition) is 2. The lowest BCUT2D eigenvalue weighted by atomic mass is 9.73. The maximum Gasteiger partial charge on any atom is 0.0597 e. The molecule has 0 aromatic heterocycles. The fraction of sp³-hybridized carbons (Fsp3) is 0.571. The molecule has 3 rings (SSSR count). The Hall–Kier alpha value is -0.860. The summed E-state index contributed by atoms with van der Waals surface area (Å²) in [5, 5.41) is 10.1. The molecule has 1 fully saturated rings. The van der Waals surface area contributed by atoms with Gasteiger partial charge in [0.15, 0.2) is 0 Å². The average Bonchev–Trinajstić information content (AvgIpc) is 2.79. The standard InChI is InChI=1S/C14H18O2/c15-14(11-5-6-16-9-11)8-12-7-10-3-1-2-4-13(10)12/h1-4,11-12,14-15H,5-9H2. The molecule has 1 aromatic carbocycles. The average molecular weight is 218 g/mol. The topological polar surface area (TPSA) is 29.5 Å². The summed E-state index contributed by atoms with van der Waals surface area (Å²) in [6.45, 7) is 1.57. The minimum Gasteiger partial charge on any atom is -0.393 e. The van der Waals surface area contributed by atoms with Crippen molar-refractivity contribution in [1.29, 1.82) is 0 Å². The summed E-state index contributed by atoms with van der Waals surface area (Å²) in [4.78, 5) is 0. The van der Waals surface area contributed by atoms with Crippen LogP contribution in [0.15, 0.2) is 24.3 Å². The van der Waals surface area contributed by atoms with Crippen molar-refractivity contribution in [1.82, 2.24) is 0 Å². The first-order chi connectivity index (χ1) is 7.84. The van der Waals surface area contributed by atoms with Crippen LogP contribution in [0.2, 0.25) is 0 Å². The number of aliphatic hydroxyl groups is 1. The molecule has 1 saturated heterocycles. The number of ether oxygens (including phenoxy) is 1. The Labute approximate surface area is 96.2 Å². The minimum atomic E-state index is -0.180. The molecule has 1 aliphatic heterocycles. The van der Waals surface area contributed by atoms with Gasteiger partial charge in [-0.3, -0.25) is 0 Å². The Bertz CT molecular complexity index is 369. The van der Waals surface area contributed by atoms with Gasteiger partial charge in [0.25, 0.3) is 0 Å². The molecule has 1 aromatic rings. The van der Waals surface area contributed by atoms with Crippen LogP contribution >= 0.6 is 0 Å². The maximum absolute atomic E-state index is 10.1. The zero-order valence-electron chi connectivity index (χ0n) is 9.43. The second kappa shape index (κ2) is 4.19. The Balaban J connectivity index is 1.61. The zero-order chi connectivity index (χ0) is 11.0. The summed E-state index contributed by atoms with van der Waals surface area (Å²) in [6, 6.07) is 8.57. The van der Waals surface area contributed by atoms with Gasteiger partial charge < -0.3 is 9.84 Å². The smallest absolute Gasteiger partial charge is 0.0597 e. The summed E-state index contributed by atoms with van der Waals surface area (Å²) in [7, 11) is 0. The van der Waals surface area contributed by atoms with Crippen molar-refractivity contribution in [2.24, 2.45) is 5.92 Å². The van der Waals surface area contributed by atoms with Crippen molar-refractivity contribution in [3.63, 3.8) is 0 Å². The van der Waals surface area contributed by atoms with Gasteiger partial charge in [0.1, 0.15) is 0 Å². The Morgan fingerprint density at radius 1 is 1.38 bits per heavy atom. The van der Waals surface area contributed by atoms with E-state index in [4.69, 9.17) is 4.74 Å². The summed E-state index contributed by atoms with van der Waals surface area (Å²) in [5.41, 5.74) is 2.91. The first kappa shape index (κ1) is 10.3. The van der Waals surface area contributed by atoms with E-state index in [9.17, 15) is 5.11 Å². The molecule has 86 valence electrons. The normalized spacial score (nSPS) is 29.6. The lowest BCUT2D eigenvalue weighted by Crippen LogP contribution is -2.27. The van der Waals surface area contributed by atoms with Crippen LogP contribution in [-0.2, 0) is 11.2 Å². The van der Waals surface area contributed by atoms with Gasteiger partial charge >= 0.3 is 0 Å². The Morgan fingerprint density at radius 3 is 3.00 bits per heavy atom. The maximum atomic E-state index is 10.1. The monoisotopic (exact) mass is 218 g/mol. The third kappa shape index (κ3) is 1.76. The number of benzene rings is 1. The van der Waals surface area contributed by atoms with E-state index in [1.165, 1.54) is 11.1 Å². The highest BCUT2D eigenvalue weighted by atomic mass is 16.5. The van der Waals surface area contributed by atoms with Crippen molar-refractivity contribution in [2.75, 3.05) is 13.2 Å². The van der Waals surface area contributed by atoms with Crippen molar-refractivity contribution in [3.8, 4) is 0 Å². The van der Waals surface area contributed by atoms with Crippen LogP contribution < -0.4 is 0 Å². The molecule has 0 amide bonds. The Kier molecular flexibility index (Phi) is 2.70. The molecule has 0 radical (unpaired) electrons. The van der Waals surface area contributed by atoms with Crippen LogP contribution in [0.3, 0.4) is 0 Å². The van der Waals surface area contributed by atoms with Crippen molar-refractivity contribution in [2.45, 2.75) is 31.3 Å². The summed E-state index contributed by atoms with van der Waals surface area (Å²) >= 11 is 0. The number of hydrogen-bond donors (Lipinski definition) is 1.